The van der Waals surface area contributed by atoms with Gasteiger partial charge in [-0.05, 0) is 30.7 Å². The van der Waals surface area contributed by atoms with Gasteiger partial charge in [0.2, 0.25) is 5.91 Å². The molecule has 0 saturated carbocycles. The number of hydrogen-bond donors (Lipinski definition) is 3. The molecule has 0 aromatic heterocycles. The molecule has 2 amide bonds. The van der Waals surface area contributed by atoms with Crippen LogP contribution >= 0.6 is 0 Å². The number of rotatable bonds is 7. The molecule has 142 valence electrons. The average molecular weight is 363 g/mol. The van der Waals surface area contributed by atoms with Crippen molar-refractivity contribution in [1.29, 1.82) is 0 Å². The van der Waals surface area contributed by atoms with E-state index in [1.54, 1.807) is 12.1 Å². The summed E-state index contributed by atoms with van der Waals surface area (Å²) < 4.78 is 5.56. The Bertz CT molecular complexity index is 626. The Kier molecular flexibility index (Phi) is 6.24. The molecule has 0 bridgehead atoms. The molecule has 2 aliphatic rings. The lowest BCUT2D eigenvalue weighted by Crippen LogP contribution is -3.30. The number of piperazine rings is 1. The minimum Gasteiger partial charge on any atom is -0.494 e. The highest BCUT2D eigenvalue weighted by atomic mass is 16.5. The first-order valence-corrected chi connectivity index (χ1v) is 9.52. The third-order valence-corrected chi connectivity index (χ3v) is 5.27. The van der Waals surface area contributed by atoms with Gasteiger partial charge in [-0.15, -0.1) is 0 Å². The summed E-state index contributed by atoms with van der Waals surface area (Å²) in [5.74, 6) is 0.526. The number of imide groups is 1. The van der Waals surface area contributed by atoms with Crippen molar-refractivity contribution in [3.05, 3.63) is 24.3 Å². The lowest BCUT2D eigenvalue weighted by atomic mass is 10.1. The monoisotopic (exact) mass is 363 g/mol. The van der Waals surface area contributed by atoms with E-state index in [1.165, 1.54) is 14.7 Å². The topological polar surface area (TPSA) is 75.7 Å². The van der Waals surface area contributed by atoms with Crippen molar-refractivity contribution in [1.82, 2.24) is 0 Å². The first-order valence-electron chi connectivity index (χ1n) is 9.52. The highest BCUT2D eigenvalue weighted by molar-refractivity contribution is 6.21. The number of hydrogen-bond acceptors (Lipinski definition) is 4. The Balaban J connectivity index is 1.64. The molecule has 2 aliphatic heterocycles. The van der Waals surface area contributed by atoms with E-state index in [0.29, 0.717) is 12.3 Å². The smallest absolute Gasteiger partial charge is 0.292 e. The fourth-order valence-corrected chi connectivity index (χ4v) is 3.81. The Labute approximate surface area is 154 Å². The van der Waals surface area contributed by atoms with E-state index in [9.17, 15) is 9.59 Å². The fourth-order valence-electron chi connectivity index (χ4n) is 3.81. The van der Waals surface area contributed by atoms with Crippen molar-refractivity contribution in [3.63, 3.8) is 0 Å². The molecule has 2 saturated heterocycles. The molecule has 1 aromatic rings. The highest BCUT2D eigenvalue weighted by Crippen LogP contribution is 2.24. The van der Waals surface area contributed by atoms with Crippen LogP contribution in [0.15, 0.2) is 24.3 Å². The highest BCUT2D eigenvalue weighted by Gasteiger charge is 2.46. The van der Waals surface area contributed by atoms with Crippen LogP contribution in [0.1, 0.15) is 19.8 Å². The lowest BCUT2D eigenvalue weighted by molar-refractivity contribution is -1.02. The molecule has 7 nitrogen and oxygen atoms in total. The minimum atomic E-state index is -0.283. The second-order valence-electron chi connectivity index (χ2n) is 7.05. The maximum Gasteiger partial charge on any atom is 0.292 e. The molecule has 2 heterocycles. The molecular formula is C19H29N3O4+2. The van der Waals surface area contributed by atoms with E-state index in [4.69, 9.17) is 9.84 Å². The van der Waals surface area contributed by atoms with Gasteiger partial charge in [0.05, 0.1) is 25.3 Å². The van der Waals surface area contributed by atoms with Gasteiger partial charge in [-0.25, -0.2) is 4.90 Å². The van der Waals surface area contributed by atoms with Crippen molar-refractivity contribution in [3.8, 4) is 5.75 Å². The zero-order valence-electron chi connectivity index (χ0n) is 15.4. The van der Waals surface area contributed by atoms with Crippen LogP contribution < -0.4 is 19.4 Å². The van der Waals surface area contributed by atoms with Crippen LogP contribution in [0.4, 0.5) is 5.69 Å². The first kappa shape index (κ1) is 18.8. The number of amides is 2. The van der Waals surface area contributed by atoms with Crippen LogP contribution in [0.2, 0.25) is 0 Å². The van der Waals surface area contributed by atoms with Gasteiger partial charge in [-0.1, -0.05) is 6.92 Å². The number of carbonyl (C=O) groups excluding carboxylic acids is 2. The van der Waals surface area contributed by atoms with Crippen LogP contribution in [0.3, 0.4) is 0 Å². The van der Waals surface area contributed by atoms with Gasteiger partial charge in [0.15, 0.2) is 6.04 Å². The molecule has 0 radical (unpaired) electrons. The average Bonchev–Trinajstić information content (AvgIpc) is 2.96. The number of aliphatic hydroxyl groups is 1. The lowest BCUT2D eigenvalue weighted by Gasteiger charge is -2.31. The standard InChI is InChI=1S/C19H27N3O4/c1-2-13-26-16-5-3-15(4-6-16)22-18(24)14-17(19(22)25)21-9-7-20(8-10-21)11-12-23/h3-6,17,23H,2,7-14H2,1H3/p+2. The number of quaternary nitrogens is 2. The summed E-state index contributed by atoms with van der Waals surface area (Å²) >= 11 is 0. The third kappa shape index (κ3) is 4.06. The SMILES string of the molecule is CCCOc1ccc(N2C(=O)CC([NH+]3CC[NH+](CCO)CC3)C2=O)cc1. The molecule has 1 atom stereocenters. The number of ether oxygens (including phenoxy) is 1. The van der Waals surface area contributed by atoms with Crippen LogP contribution in [0.5, 0.6) is 5.75 Å². The van der Waals surface area contributed by atoms with E-state index in [-0.39, 0.29) is 30.9 Å². The number of benzene rings is 1. The molecule has 3 rings (SSSR count). The van der Waals surface area contributed by atoms with Crippen molar-refractivity contribution in [2.45, 2.75) is 25.8 Å². The maximum atomic E-state index is 12.9. The second kappa shape index (κ2) is 8.62. The molecule has 1 unspecified atom stereocenters. The summed E-state index contributed by atoms with van der Waals surface area (Å²) in [6, 6.07) is 6.89. The van der Waals surface area contributed by atoms with Gasteiger partial charge in [-0.3, -0.25) is 9.59 Å². The van der Waals surface area contributed by atoms with Gasteiger partial charge >= 0.3 is 0 Å². The van der Waals surface area contributed by atoms with Crippen LogP contribution in [0.25, 0.3) is 0 Å². The van der Waals surface area contributed by atoms with E-state index in [0.717, 1.165) is 44.9 Å². The van der Waals surface area contributed by atoms with Crippen LogP contribution in [-0.2, 0) is 9.59 Å². The van der Waals surface area contributed by atoms with E-state index >= 15 is 0 Å². The molecule has 2 fully saturated rings. The molecule has 3 N–H and O–H groups in total. The number of anilines is 1. The van der Waals surface area contributed by atoms with Gasteiger partial charge in [-0.2, -0.15) is 0 Å². The Morgan fingerprint density at radius 2 is 1.85 bits per heavy atom. The van der Waals surface area contributed by atoms with E-state index < -0.39 is 0 Å². The maximum absolute atomic E-state index is 12.9. The number of aliphatic hydroxyl groups excluding tert-OH is 1. The Hall–Kier alpha value is -1.96. The largest absolute Gasteiger partial charge is 0.494 e. The zero-order chi connectivity index (χ0) is 18.5. The summed E-state index contributed by atoms with van der Waals surface area (Å²) in [6.45, 7) is 7.21. The fraction of sp³-hybridized carbons (Fsp3) is 0.579. The summed E-state index contributed by atoms with van der Waals surface area (Å²) in [7, 11) is 0. The predicted molar refractivity (Wildman–Crippen MR) is 96.5 cm³/mol. The minimum absolute atomic E-state index is 0.0992. The molecule has 0 aliphatic carbocycles. The quantitative estimate of drug-likeness (QED) is 0.485. The van der Waals surface area contributed by atoms with Gasteiger partial charge < -0.3 is 19.6 Å². The van der Waals surface area contributed by atoms with Crippen molar-refractivity contribution in [2.24, 2.45) is 0 Å². The van der Waals surface area contributed by atoms with E-state index in [1.807, 2.05) is 19.1 Å². The Morgan fingerprint density at radius 3 is 2.46 bits per heavy atom. The van der Waals surface area contributed by atoms with Crippen molar-refractivity contribution in [2.75, 3.05) is 50.8 Å². The normalized spacial score (nSPS) is 26.4. The van der Waals surface area contributed by atoms with Gasteiger partial charge in [0.1, 0.15) is 38.5 Å². The number of carbonyl (C=O) groups is 2. The van der Waals surface area contributed by atoms with Crippen molar-refractivity contribution < 1.29 is 29.2 Å². The summed E-state index contributed by atoms with van der Waals surface area (Å²) in [5, 5.41) is 9.06. The van der Waals surface area contributed by atoms with Crippen LogP contribution in [-0.4, -0.2) is 68.9 Å². The first-order chi connectivity index (χ1) is 12.6. The van der Waals surface area contributed by atoms with Gasteiger partial charge in [0.25, 0.3) is 5.91 Å². The summed E-state index contributed by atoms with van der Waals surface area (Å²) in [4.78, 5) is 29.3. The molecule has 1 aromatic carbocycles. The van der Waals surface area contributed by atoms with Gasteiger partial charge in [0, 0.05) is 0 Å². The second-order valence-corrected chi connectivity index (χ2v) is 7.05. The molecular weight excluding hydrogens is 334 g/mol. The number of nitrogens with one attached hydrogen (secondary N) is 2. The predicted octanol–water partition coefficient (Wildman–Crippen LogP) is -2.12. The van der Waals surface area contributed by atoms with Crippen LogP contribution in [0, 0.1) is 0 Å². The van der Waals surface area contributed by atoms with E-state index in [2.05, 4.69) is 0 Å². The molecule has 7 heteroatoms. The zero-order valence-corrected chi connectivity index (χ0v) is 15.4. The molecule has 0 spiro atoms. The number of nitrogens with zero attached hydrogens (tertiary/aromatic N) is 1. The summed E-state index contributed by atoms with van der Waals surface area (Å²) in [6.07, 6.45) is 1.21. The summed E-state index contributed by atoms with van der Waals surface area (Å²) in [5.41, 5.74) is 0.621. The molecule has 26 heavy (non-hydrogen) atoms. The third-order valence-electron chi connectivity index (χ3n) is 5.27. The van der Waals surface area contributed by atoms with Crippen molar-refractivity contribution >= 4 is 17.5 Å². The Morgan fingerprint density at radius 1 is 1.15 bits per heavy atom.